The Kier molecular flexibility index (Phi) is 4.23. The summed E-state index contributed by atoms with van der Waals surface area (Å²) < 4.78 is 0. The van der Waals surface area contributed by atoms with Crippen LogP contribution in [-0.4, -0.2) is 24.5 Å². The predicted octanol–water partition coefficient (Wildman–Crippen LogP) is 1.10. The lowest BCUT2D eigenvalue weighted by molar-refractivity contribution is -0.122. The van der Waals surface area contributed by atoms with Crippen molar-refractivity contribution in [2.24, 2.45) is 0 Å². The van der Waals surface area contributed by atoms with Crippen LogP contribution in [0.3, 0.4) is 0 Å². The van der Waals surface area contributed by atoms with Gasteiger partial charge in [0.2, 0.25) is 5.91 Å². The highest BCUT2D eigenvalue weighted by Gasteiger charge is 2.28. The minimum absolute atomic E-state index is 0.00273. The van der Waals surface area contributed by atoms with Crippen molar-refractivity contribution in [3.8, 4) is 0 Å². The number of hydrogen-bond acceptors (Lipinski definition) is 4. The number of nitrogens with zero attached hydrogens (tertiary/aromatic N) is 1. The highest BCUT2D eigenvalue weighted by molar-refractivity contribution is 7.09. The number of likely N-dealkylation sites (N-methyl/N-ethyl adjacent to an activating group) is 1. The smallest absolute Gasteiger partial charge is 0.234 e. The molecule has 84 valence electrons. The summed E-state index contributed by atoms with van der Waals surface area (Å²) in [6.45, 7) is 4.38. The van der Waals surface area contributed by atoms with Crippen molar-refractivity contribution < 1.29 is 4.79 Å². The Balaban J connectivity index is 2.73. The van der Waals surface area contributed by atoms with Gasteiger partial charge in [-0.15, -0.1) is 11.3 Å². The fraction of sp³-hybridized carbons (Fsp3) is 0.600. The van der Waals surface area contributed by atoms with E-state index in [0.29, 0.717) is 6.54 Å². The Morgan fingerprint density at radius 1 is 1.67 bits per heavy atom. The standard InChI is InChI=1S/C10H17N3OS/c1-4-10(2,9-12-5-6-15-9)13-8(14)7-11-3/h5-6,11H,4,7H2,1-3H3,(H,13,14). The van der Waals surface area contributed by atoms with Gasteiger partial charge in [0.25, 0.3) is 0 Å². The molecule has 0 bridgehead atoms. The van der Waals surface area contributed by atoms with Gasteiger partial charge < -0.3 is 10.6 Å². The van der Waals surface area contributed by atoms with Crippen molar-refractivity contribution in [1.82, 2.24) is 15.6 Å². The summed E-state index contributed by atoms with van der Waals surface area (Å²) in [5.41, 5.74) is -0.345. The van der Waals surface area contributed by atoms with Gasteiger partial charge >= 0.3 is 0 Å². The molecule has 1 heterocycles. The molecule has 5 heteroatoms. The van der Waals surface area contributed by atoms with E-state index in [1.54, 1.807) is 24.6 Å². The molecule has 0 aliphatic rings. The maximum atomic E-state index is 11.5. The summed E-state index contributed by atoms with van der Waals surface area (Å²) in [5, 5.41) is 8.70. The second-order valence-corrected chi connectivity index (χ2v) is 4.50. The van der Waals surface area contributed by atoms with Crippen molar-refractivity contribution in [3.63, 3.8) is 0 Å². The van der Waals surface area contributed by atoms with E-state index < -0.39 is 0 Å². The molecule has 0 aromatic carbocycles. The average molecular weight is 227 g/mol. The highest BCUT2D eigenvalue weighted by atomic mass is 32.1. The molecular formula is C10H17N3OS. The zero-order valence-corrected chi connectivity index (χ0v) is 10.1. The molecule has 1 unspecified atom stereocenters. The number of amides is 1. The van der Waals surface area contributed by atoms with E-state index in [-0.39, 0.29) is 11.4 Å². The topological polar surface area (TPSA) is 54.0 Å². The minimum Gasteiger partial charge on any atom is -0.343 e. The van der Waals surface area contributed by atoms with Crippen molar-refractivity contribution >= 4 is 17.2 Å². The van der Waals surface area contributed by atoms with Crippen molar-refractivity contribution in [2.45, 2.75) is 25.8 Å². The third-order valence-corrected chi connectivity index (χ3v) is 3.40. The van der Waals surface area contributed by atoms with E-state index in [1.165, 1.54) is 0 Å². The summed E-state index contributed by atoms with van der Waals surface area (Å²) in [7, 11) is 1.76. The number of nitrogens with one attached hydrogen (secondary N) is 2. The fourth-order valence-electron chi connectivity index (χ4n) is 1.30. The van der Waals surface area contributed by atoms with Gasteiger partial charge in [-0.3, -0.25) is 4.79 Å². The maximum absolute atomic E-state index is 11.5. The Morgan fingerprint density at radius 3 is 2.87 bits per heavy atom. The monoisotopic (exact) mass is 227 g/mol. The van der Waals surface area contributed by atoms with Gasteiger partial charge in [0.15, 0.2) is 0 Å². The largest absolute Gasteiger partial charge is 0.343 e. The SMILES string of the molecule is CCC(C)(NC(=O)CNC)c1nccs1. The van der Waals surface area contributed by atoms with Crippen LogP contribution in [0.2, 0.25) is 0 Å². The second kappa shape index (κ2) is 5.23. The third-order valence-electron chi connectivity index (χ3n) is 2.36. The van der Waals surface area contributed by atoms with Crippen LogP contribution in [0.1, 0.15) is 25.3 Å². The molecule has 1 amide bonds. The molecular weight excluding hydrogens is 210 g/mol. The molecule has 1 aromatic rings. The first-order valence-corrected chi connectivity index (χ1v) is 5.86. The molecule has 0 spiro atoms. The molecule has 0 radical (unpaired) electrons. The predicted molar refractivity (Wildman–Crippen MR) is 61.8 cm³/mol. The van der Waals surface area contributed by atoms with E-state index in [1.807, 2.05) is 19.2 Å². The van der Waals surface area contributed by atoms with Crippen LogP contribution in [-0.2, 0) is 10.3 Å². The molecule has 2 N–H and O–H groups in total. The van der Waals surface area contributed by atoms with Crippen LogP contribution >= 0.6 is 11.3 Å². The molecule has 0 fully saturated rings. The van der Waals surface area contributed by atoms with Gasteiger partial charge in [-0.1, -0.05) is 6.92 Å². The van der Waals surface area contributed by atoms with Crippen molar-refractivity contribution in [1.29, 1.82) is 0 Å². The third kappa shape index (κ3) is 3.00. The maximum Gasteiger partial charge on any atom is 0.234 e. The van der Waals surface area contributed by atoms with E-state index in [4.69, 9.17) is 0 Å². The normalized spacial score (nSPS) is 14.6. The summed E-state index contributed by atoms with van der Waals surface area (Å²) in [6, 6.07) is 0. The first kappa shape index (κ1) is 12.1. The minimum atomic E-state index is -0.345. The summed E-state index contributed by atoms with van der Waals surface area (Å²) in [5.74, 6) is -0.00273. The van der Waals surface area contributed by atoms with Gasteiger partial charge in [0.1, 0.15) is 5.01 Å². The van der Waals surface area contributed by atoms with Gasteiger partial charge in [-0.25, -0.2) is 4.98 Å². The molecule has 0 aliphatic carbocycles. The first-order chi connectivity index (χ1) is 7.12. The molecule has 0 saturated carbocycles. The van der Waals surface area contributed by atoms with E-state index >= 15 is 0 Å². The number of carbonyl (C=O) groups is 1. The highest BCUT2D eigenvalue weighted by Crippen LogP contribution is 2.25. The zero-order valence-electron chi connectivity index (χ0n) is 9.33. The van der Waals surface area contributed by atoms with Gasteiger partial charge in [0.05, 0.1) is 12.1 Å². The molecule has 1 rings (SSSR count). The van der Waals surface area contributed by atoms with Crippen LogP contribution in [0.5, 0.6) is 0 Å². The Bertz CT molecular complexity index is 312. The number of hydrogen-bond donors (Lipinski definition) is 2. The summed E-state index contributed by atoms with van der Waals surface area (Å²) >= 11 is 1.57. The number of aromatic nitrogens is 1. The van der Waals surface area contributed by atoms with Crippen molar-refractivity contribution in [3.05, 3.63) is 16.6 Å². The second-order valence-electron chi connectivity index (χ2n) is 3.60. The number of rotatable bonds is 5. The average Bonchev–Trinajstić information content (AvgIpc) is 2.71. The fourth-order valence-corrected chi connectivity index (χ4v) is 2.13. The van der Waals surface area contributed by atoms with E-state index in [9.17, 15) is 4.79 Å². The van der Waals surface area contributed by atoms with Gasteiger partial charge in [0, 0.05) is 11.6 Å². The molecule has 15 heavy (non-hydrogen) atoms. The lowest BCUT2D eigenvalue weighted by atomic mass is 10.00. The quantitative estimate of drug-likeness (QED) is 0.792. The van der Waals surface area contributed by atoms with Crippen LogP contribution in [0.15, 0.2) is 11.6 Å². The molecule has 0 aliphatic heterocycles. The van der Waals surface area contributed by atoms with Crippen LogP contribution in [0, 0.1) is 0 Å². The molecule has 1 atom stereocenters. The van der Waals surface area contributed by atoms with Gasteiger partial charge in [-0.2, -0.15) is 0 Å². The Labute approximate surface area is 94.1 Å². The number of thiazole rings is 1. The van der Waals surface area contributed by atoms with Crippen molar-refractivity contribution in [2.75, 3.05) is 13.6 Å². The number of carbonyl (C=O) groups excluding carboxylic acids is 1. The Morgan fingerprint density at radius 2 is 2.40 bits per heavy atom. The molecule has 4 nitrogen and oxygen atoms in total. The zero-order chi connectivity index (χ0) is 11.3. The molecule has 0 saturated heterocycles. The van der Waals surface area contributed by atoms with Crippen LogP contribution in [0.4, 0.5) is 0 Å². The molecule has 1 aromatic heterocycles. The van der Waals surface area contributed by atoms with E-state index in [2.05, 4.69) is 15.6 Å². The van der Waals surface area contributed by atoms with Gasteiger partial charge in [-0.05, 0) is 20.4 Å². The van der Waals surface area contributed by atoms with Crippen LogP contribution in [0.25, 0.3) is 0 Å². The lowest BCUT2D eigenvalue weighted by Crippen LogP contribution is -2.46. The first-order valence-electron chi connectivity index (χ1n) is 4.98. The summed E-state index contributed by atoms with van der Waals surface area (Å²) in [6.07, 6.45) is 2.59. The lowest BCUT2D eigenvalue weighted by Gasteiger charge is -2.27. The Hall–Kier alpha value is -0.940. The summed E-state index contributed by atoms with van der Waals surface area (Å²) in [4.78, 5) is 15.8. The van der Waals surface area contributed by atoms with E-state index in [0.717, 1.165) is 11.4 Å². The van der Waals surface area contributed by atoms with Crippen LogP contribution < -0.4 is 10.6 Å².